The molecule has 3 rings (SSSR count). The molecule has 0 spiro atoms. The highest BCUT2D eigenvalue weighted by Crippen LogP contribution is 2.18. The van der Waals surface area contributed by atoms with E-state index in [4.69, 9.17) is 4.74 Å². The quantitative estimate of drug-likeness (QED) is 0.694. The lowest BCUT2D eigenvalue weighted by Gasteiger charge is -2.07. The molecule has 0 fully saturated rings. The molecule has 0 aliphatic rings. The molecule has 1 unspecified atom stereocenters. The second-order valence-electron chi connectivity index (χ2n) is 5.55. The average molecular weight is 306 g/mol. The third-order valence-corrected chi connectivity index (χ3v) is 3.93. The van der Waals surface area contributed by atoms with Crippen LogP contribution in [0.3, 0.4) is 0 Å². The van der Waals surface area contributed by atoms with Crippen LogP contribution in [0.1, 0.15) is 24.1 Å². The average Bonchev–Trinajstić information content (AvgIpc) is 2.62. The van der Waals surface area contributed by atoms with Gasteiger partial charge in [-0.05, 0) is 31.2 Å². The number of methoxy groups -OCH3 is 1. The molecule has 3 aromatic rings. The van der Waals surface area contributed by atoms with Crippen LogP contribution in [-0.2, 0) is 0 Å². The number of rotatable bonds is 4. The highest BCUT2D eigenvalue weighted by Gasteiger charge is 2.18. The lowest BCUT2D eigenvalue weighted by molar-refractivity contribution is -0.765. The van der Waals surface area contributed by atoms with Gasteiger partial charge in [0.1, 0.15) is 5.75 Å². The lowest BCUT2D eigenvalue weighted by atomic mass is 10.1. The van der Waals surface area contributed by atoms with Gasteiger partial charge in [-0.2, -0.15) is 0 Å². The summed E-state index contributed by atoms with van der Waals surface area (Å²) in [6.45, 7) is 4.19. The normalized spacial score (nSPS) is 12.0. The highest BCUT2D eigenvalue weighted by atomic mass is 16.5. The first-order valence-electron chi connectivity index (χ1n) is 7.63. The second-order valence-corrected chi connectivity index (χ2v) is 5.55. The van der Waals surface area contributed by atoms with Crippen molar-refractivity contribution in [2.75, 3.05) is 7.11 Å². The molecule has 1 heterocycles. The summed E-state index contributed by atoms with van der Waals surface area (Å²) in [6, 6.07) is 16.4. The minimum Gasteiger partial charge on any atom is -0.497 e. The summed E-state index contributed by atoms with van der Waals surface area (Å²) in [5.41, 5.74) is 3.42. The molecular formula is C19H20N3O+. The fourth-order valence-corrected chi connectivity index (χ4v) is 2.43. The van der Waals surface area contributed by atoms with Crippen LogP contribution in [0.2, 0.25) is 0 Å². The van der Waals surface area contributed by atoms with Gasteiger partial charge in [0, 0.05) is 23.1 Å². The van der Waals surface area contributed by atoms with Crippen molar-refractivity contribution in [3.05, 3.63) is 72.1 Å². The van der Waals surface area contributed by atoms with E-state index in [1.165, 1.54) is 11.1 Å². The molecule has 0 bridgehead atoms. The van der Waals surface area contributed by atoms with Gasteiger partial charge in [-0.1, -0.05) is 34.5 Å². The maximum absolute atomic E-state index is 5.21. The Labute approximate surface area is 136 Å². The molecule has 4 nitrogen and oxygen atoms in total. The van der Waals surface area contributed by atoms with Crippen LogP contribution >= 0.6 is 0 Å². The topological polar surface area (TPSA) is 38.9 Å². The predicted octanol–water partition coefficient (Wildman–Crippen LogP) is 3.36. The molecule has 116 valence electrons. The summed E-state index contributed by atoms with van der Waals surface area (Å²) in [6.07, 6.45) is 3.69. The van der Waals surface area contributed by atoms with Gasteiger partial charge >= 0.3 is 0 Å². The van der Waals surface area contributed by atoms with Crippen molar-refractivity contribution in [1.82, 2.24) is 10.1 Å². The van der Waals surface area contributed by atoms with E-state index < -0.39 is 0 Å². The Balaban J connectivity index is 1.90. The first kappa shape index (κ1) is 15.2. The van der Waals surface area contributed by atoms with E-state index in [0.717, 1.165) is 17.1 Å². The standard InChI is InChI=1S/C19H20N3O/c1-14-4-6-17(7-5-14)19-20-12-13-22(21-19)15(2)16-8-10-18(23-3)11-9-16/h4-13,15H,1-3H3/q+1. The zero-order valence-corrected chi connectivity index (χ0v) is 13.6. The number of nitrogens with zero attached hydrogens (tertiary/aromatic N) is 3. The van der Waals surface area contributed by atoms with Crippen molar-refractivity contribution in [3.8, 4) is 17.1 Å². The van der Waals surface area contributed by atoms with E-state index >= 15 is 0 Å². The molecule has 4 heteroatoms. The summed E-state index contributed by atoms with van der Waals surface area (Å²) in [5.74, 6) is 1.59. The van der Waals surface area contributed by atoms with Gasteiger partial charge in [0.25, 0.3) is 0 Å². The van der Waals surface area contributed by atoms with Gasteiger partial charge < -0.3 is 4.74 Å². The molecule has 1 aromatic heterocycles. The number of ether oxygens (including phenoxy) is 1. The Bertz CT molecular complexity index is 782. The largest absolute Gasteiger partial charge is 0.497 e. The summed E-state index contributed by atoms with van der Waals surface area (Å²) >= 11 is 0. The van der Waals surface area contributed by atoms with E-state index in [2.05, 4.69) is 48.2 Å². The van der Waals surface area contributed by atoms with E-state index in [0.29, 0.717) is 0 Å². The van der Waals surface area contributed by atoms with Crippen molar-refractivity contribution in [3.63, 3.8) is 0 Å². The zero-order chi connectivity index (χ0) is 16.2. The van der Waals surface area contributed by atoms with Crippen LogP contribution in [0.15, 0.2) is 60.9 Å². The monoisotopic (exact) mass is 306 g/mol. The molecule has 0 amide bonds. The van der Waals surface area contributed by atoms with Gasteiger partial charge in [-0.25, -0.2) is 4.98 Å². The lowest BCUT2D eigenvalue weighted by Crippen LogP contribution is -2.42. The Morgan fingerprint density at radius 3 is 2.35 bits per heavy atom. The smallest absolute Gasteiger partial charge is 0.227 e. The molecule has 0 saturated heterocycles. The number of hydrogen-bond donors (Lipinski definition) is 0. The summed E-state index contributed by atoms with van der Waals surface area (Å²) in [7, 11) is 1.67. The Kier molecular flexibility index (Phi) is 4.33. The molecule has 23 heavy (non-hydrogen) atoms. The van der Waals surface area contributed by atoms with Crippen molar-refractivity contribution < 1.29 is 9.42 Å². The predicted molar refractivity (Wildman–Crippen MR) is 89.2 cm³/mol. The number of hydrogen-bond acceptors (Lipinski definition) is 3. The maximum Gasteiger partial charge on any atom is 0.227 e. The third-order valence-electron chi connectivity index (χ3n) is 3.93. The maximum atomic E-state index is 5.21. The van der Waals surface area contributed by atoms with E-state index in [1.54, 1.807) is 13.3 Å². The van der Waals surface area contributed by atoms with Gasteiger partial charge in [-0.15, -0.1) is 0 Å². The highest BCUT2D eigenvalue weighted by molar-refractivity contribution is 5.53. The fraction of sp³-hybridized carbons (Fsp3) is 0.211. The summed E-state index contributed by atoms with van der Waals surface area (Å²) < 4.78 is 7.14. The van der Waals surface area contributed by atoms with E-state index in [-0.39, 0.29) is 6.04 Å². The number of benzene rings is 2. The van der Waals surface area contributed by atoms with Crippen LogP contribution in [0.4, 0.5) is 0 Å². The van der Waals surface area contributed by atoms with Gasteiger partial charge in [-0.3, -0.25) is 0 Å². The first-order chi connectivity index (χ1) is 11.2. The summed E-state index contributed by atoms with van der Waals surface area (Å²) in [4.78, 5) is 4.39. The van der Waals surface area contributed by atoms with Crippen LogP contribution < -0.4 is 9.42 Å². The molecule has 0 aliphatic heterocycles. The number of aromatic nitrogens is 3. The van der Waals surface area contributed by atoms with Gasteiger partial charge in [0.15, 0.2) is 0 Å². The van der Waals surface area contributed by atoms with Crippen molar-refractivity contribution >= 4 is 0 Å². The molecular weight excluding hydrogens is 286 g/mol. The Morgan fingerprint density at radius 1 is 1.00 bits per heavy atom. The second kappa shape index (κ2) is 6.57. The van der Waals surface area contributed by atoms with Crippen LogP contribution in [-0.4, -0.2) is 17.2 Å². The molecule has 0 N–H and O–H groups in total. The molecule has 0 saturated carbocycles. The Morgan fingerprint density at radius 2 is 1.70 bits per heavy atom. The minimum atomic E-state index is 0.119. The first-order valence-corrected chi connectivity index (χ1v) is 7.63. The fourth-order valence-electron chi connectivity index (χ4n) is 2.43. The molecule has 2 aromatic carbocycles. The van der Waals surface area contributed by atoms with Crippen molar-refractivity contribution in [2.45, 2.75) is 19.9 Å². The number of aryl methyl sites for hydroxylation is 1. The van der Waals surface area contributed by atoms with Crippen LogP contribution in [0.25, 0.3) is 11.4 Å². The minimum absolute atomic E-state index is 0.119. The molecule has 1 atom stereocenters. The molecule has 0 aliphatic carbocycles. The van der Waals surface area contributed by atoms with Gasteiger partial charge in [0.05, 0.1) is 13.3 Å². The third kappa shape index (κ3) is 3.37. The van der Waals surface area contributed by atoms with E-state index in [9.17, 15) is 0 Å². The Hall–Kier alpha value is -2.75. The van der Waals surface area contributed by atoms with Crippen molar-refractivity contribution in [1.29, 1.82) is 0 Å². The van der Waals surface area contributed by atoms with Crippen LogP contribution in [0.5, 0.6) is 5.75 Å². The van der Waals surface area contributed by atoms with Gasteiger partial charge in [0.2, 0.25) is 18.1 Å². The van der Waals surface area contributed by atoms with E-state index in [1.807, 2.05) is 35.1 Å². The van der Waals surface area contributed by atoms with Crippen molar-refractivity contribution in [2.24, 2.45) is 0 Å². The summed E-state index contributed by atoms with van der Waals surface area (Å²) in [5, 5.41) is 4.67. The van der Waals surface area contributed by atoms with Crippen LogP contribution in [0, 0.1) is 6.92 Å². The zero-order valence-electron chi connectivity index (χ0n) is 13.6. The molecule has 0 radical (unpaired) electrons. The SMILES string of the molecule is COc1ccc(C(C)[n+]2ccnc(-c3ccc(C)cc3)n2)cc1.